The van der Waals surface area contributed by atoms with E-state index in [2.05, 4.69) is 10.1 Å². The molecule has 4 rings (SSSR count). The summed E-state index contributed by atoms with van der Waals surface area (Å²) in [6, 6.07) is 14.0. The van der Waals surface area contributed by atoms with E-state index in [-0.39, 0.29) is 27.1 Å². The summed E-state index contributed by atoms with van der Waals surface area (Å²) in [5.74, 6) is 0.0603. The molecular weight excluding hydrogens is 463 g/mol. The van der Waals surface area contributed by atoms with Crippen molar-refractivity contribution in [1.29, 1.82) is 0 Å². The van der Waals surface area contributed by atoms with Gasteiger partial charge in [-0.25, -0.2) is 13.6 Å². The first-order chi connectivity index (χ1) is 15.1. The van der Waals surface area contributed by atoms with E-state index in [1.807, 2.05) is 0 Å². The van der Waals surface area contributed by atoms with Crippen LogP contribution in [0.4, 0.5) is 13.2 Å². The zero-order valence-corrected chi connectivity index (χ0v) is 18.2. The first-order valence-corrected chi connectivity index (χ1v) is 11.7. The van der Waals surface area contributed by atoms with Crippen molar-refractivity contribution in [1.82, 2.24) is 10.1 Å². The van der Waals surface area contributed by atoms with Crippen molar-refractivity contribution in [3.8, 4) is 33.3 Å². The van der Waals surface area contributed by atoms with Gasteiger partial charge in [-0.1, -0.05) is 42.4 Å². The van der Waals surface area contributed by atoms with Crippen molar-refractivity contribution < 1.29 is 26.1 Å². The van der Waals surface area contributed by atoms with Crippen molar-refractivity contribution in [2.45, 2.75) is 24.4 Å². The quantitative estimate of drug-likeness (QED) is 0.415. The van der Waals surface area contributed by atoms with Crippen molar-refractivity contribution in [2.24, 2.45) is 5.14 Å². The van der Waals surface area contributed by atoms with Gasteiger partial charge in [0.2, 0.25) is 15.8 Å². The van der Waals surface area contributed by atoms with E-state index in [4.69, 9.17) is 9.66 Å². The molecule has 2 aromatic heterocycles. The van der Waals surface area contributed by atoms with E-state index in [1.54, 1.807) is 43.3 Å². The molecule has 4 aromatic rings. The van der Waals surface area contributed by atoms with Gasteiger partial charge in [0, 0.05) is 11.1 Å². The van der Waals surface area contributed by atoms with E-state index in [9.17, 15) is 21.6 Å². The normalized spacial score (nSPS) is 12.3. The standard InChI is InChI=1S/C21H16F3N3O3S2/c1-2-12-10-14(8-9-17(12)32(25,28)29)19-26-20(30-27-19)16-11-15(13-6-4-3-5-7-13)18(31-16)21(22,23)24/h3-11H,2H2,1H3,(H2,25,28,29). The monoisotopic (exact) mass is 479 g/mol. The van der Waals surface area contributed by atoms with Crippen LogP contribution >= 0.6 is 11.3 Å². The van der Waals surface area contributed by atoms with Gasteiger partial charge in [-0.3, -0.25) is 0 Å². The number of rotatable bonds is 5. The van der Waals surface area contributed by atoms with Gasteiger partial charge in [-0.2, -0.15) is 18.2 Å². The molecule has 2 aromatic carbocycles. The second kappa shape index (κ2) is 8.15. The molecule has 0 amide bonds. The van der Waals surface area contributed by atoms with Crippen LogP contribution in [0.5, 0.6) is 0 Å². The summed E-state index contributed by atoms with van der Waals surface area (Å²) in [5, 5.41) is 9.10. The molecule has 0 spiro atoms. The zero-order valence-electron chi connectivity index (χ0n) is 16.6. The second-order valence-electron chi connectivity index (χ2n) is 6.86. The van der Waals surface area contributed by atoms with Crippen LogP contribution in [0.25, 0.3) is 33.3 Å². The highest BCUT2D eigenvalue weighted by Crippen LogP contribution is 2.45. The molecule has 2 heterocycles. The summed E-state index contributed by atoms with van der Waals surface area (Å²) in [6.45, 7) is 1.77. The summed E-state index contributed by atoms with van der Waals surface area (Å²) in [5.41, 5.74) is 1.38. The Morgan fingerprint density at radius 2 is 1.78 bits per heavy atom. The summed E-state index contributed by atoms with van der Waals surface area (Å²) >= 11 is 0.519. The molecule has 32 heavy (non-hydrogen) atoms. The first kappa shape index (κ1) is 22.2. The average molecular weight is 480 g/mol. The summed E-state index contributed by atoms with van der Waals surface area (Å²) in [4.78, 5) is 3.64. The van der Waals surface area contributed by atoms with E-state index in [1.165, 1.54) is 18.2 Å². The predicted octanol–water partition coefficient (Wildman–Crippen LogP) is 5.36. The van der Waals surface area contributed by atoms with Crippen LogP contribution in [0.1, 0.15) is 17.4 Å². The molecule has 0 bridgehead atoms. The van der Waals surface area contributed by atoms with Crippen LogP contribution in [0, 0.1) is 0 Å². The number of hydrogen-bond acceptors (Lipinski definition) is 6. The lowest BCUT2D eigenvalue weighted by Crippen LogP contribution is -2.14. The highest BCUT2D eigenvalue weighted by atomic mass is 32.2. The number of thiophene rings is 1. The maximum Gasteiger partial charge on any atom is 0.426 e. The Kier molecular flexibility index (Phi) is 5.65. The van der Waals surface area contributed by atoms with E-state index in [0.29, 0.717) is 34.4 Å². The lowest BCUT2D eigenvalue weighted by Gasteiger charge is -2.07. The maximum atomic E-state index is 13.6. The van der Waals surface area contributed by atoms with Crippen molar-refractivity contribution in [3.05, 3.63) is 65.0 Å². The molecule has 6 nitrogen and oxygen atoms in total. The third-order valence-corrected chi connectivity index (χ3v) is 6.90. The number of aromatic nitrogens is 2. The molecule has 0 aliphatic rings. The van der Waals surface area contributed by atoms with Crippen molar-refractivity contribution in [3.63, 3.8) is 0 Å². The highest BCUT2D eigenvalue weighted by molar-refractivity contribution is 7.89. The number of primary sulfonamides is 1. The fourth-order valence-corrected chi connectivity index (χ4v) is 5.05. The van der Waals surface area contributed by atoms with Crippen LogP contribution in [-0.4, -0.2) is 18.6 Å². The van der Waals surface area contributed by atoms with Crippen LogP contribution < -0.4 is 5.14 Å². The first-order valence-electron chi connectivity index (χ1n) is 9.34. The molecule has 0 aliphatic heterocycles. The molecule has 0 saturated carbocycles. The fourth-order valence-electron chi connectivity index (χ4n) is 3.25. The zero-order chi connectivity index (χ0) is 23.1. The number of halogens is 3. The molecule has 0 aliphatic carbocycles. The smallest absolute Gasteiger partial charge is 0.333 e. The van der Waals surface area contributed by atoms with Crippen LogP contribution in [0.15, 0.2) is 64.0 Å². The van der Waals surface area contributed by atoms with Gasteiger partial charge < -0.3 is 4.52 Å². The van der Waals surface area contributed by atoms with Gasteiger partial charge in [0.15, 0.2) is 0 Å². The maximum absolute atomic E-state index is 13.6. The highest BCUT2D eigenvalue weighted by Gasteiger charge is 2.37. The molecule has 0 fully saturated rings. The number of hydrogen-bond donors (Lipinski definition) is 1. The lowest BCUT2D eigenvalue weighted by atomic mass is 10.1. The SMILES string of the molecule is CCc1cc(-c2noc(-c3cc(-c4ccccc4)c(C(F)(F)F)s3)n2)ccc1S(N)(=O)=O. The van der Waals surface area contributed by atoms with Gasteiger partial charge in [-0.05, 0) is 41.8 Å². The van der Waals surface area contributed by atoms with Gasteiger partial charge in [-0.15, -0.1) is 11.3 Å². The average Bonchev–Trinajstić information content (AvgIpc) is 3.40. The molecule has 0 atom stereocenters. The van der Waals surface area contributed by atoms with Gasteiger partial charge in [0.05, 0.1) is 9.77 Å². The number of nitrogens with two attached hydrogens (primary N) is 1. The summed E-state index contributed by atoms with van der Waals surface area (Å²) in [6.07, 6.45) is -4.15. The Morgan fingerprint density at radius 3 is 2.41 bits per heavy atom. The Labute approximate surface area is 185 Å². The third-order valence-electron chi connectivity index (χ3n) is 4.72. The molecular formula is C21H16F3N3O3S2. The van der Waals surface area contributed by atoms with E-state index < -0.39 is 21.1 Å². The van der Waals surface area contributed by atoms with Gasteiger partial charge in [0.25, 0.3) is 5.89 Å². The van der Waals surface area contributed by atoms with Crippen molar-refractivity contribution in [2.75, 3.05) is 0 Å². The van der Waals surface area contributed by atoms with Crippen LogP contribution in [-0.2, 0) is 22.6 Å². The predicted molar refractivity (Wildman–Crippen MR) is 114 cm³/mol. The Bertz CT molecular complexity index is 1380. The molecule has 166 valence electrons. The van der Waals surface area contributed by atoms with Gasteiger partial charge in [0.1, 0.15) is 4.88 Å². The molecule has 0 saturated heterocycles. The molecule has 11 heteroatoms. The second-order valence-corrected chi connectivity index (χ2v) is 9.44. The Hall–Kier alpha value is -3.02. The Morgan fingerprint density at radius 1 is 1.06 bits per heavy atom. The Balaban J connectivity index is 1.76. The van der Waals surface area contributed by atoms with E-state index in [0.717, 1.165) is 0 Å². The minimum atomic E-state index is -4.55. The summed E-state index contributed by atoms with van der Waals surface area (Å²) < 4.78 is 69.6. The lowest BCUT2D eigenvalue weighted by molar-refractivity contribution is -0.133. The number of alkyl halides is 3. The van der Waals surface area contributed by atoms with Gasteiger partial charge >= 0.3 is 6.18 Å². The molecule has 0 radical (unpaired) electrons. The molecule has 0 unspecified atom stereocenters. The minimum Gasteiger partial charge on any atom is -0.333 e. The third kappa shape index (κ3) is 4.31. The number of aryl methyl sites for hydroxylation is 1. The number of sulfonamides is 1. The fraction of sp³-hybridized carbons (Fsp3) is 0.143. The van der Waals surface area contributed by atoms with E-state index >= 15 is 0 Å². The number of benzene rings is 2. The van der Waals surface area contributed by atoms with Crippen LogP contribution in [0.3, 0.4) is 0 Å². The topological polar surface area (TPSA) is 99.1 Å². The van der Waals surface area contributed by atoms with Crippen LogP contribution in [0.2, 0.25) is 0 Å². The van der Waals surface area contributed by atoms with Crippen molar-refractivity contribution >= 4 is 21.4 Å². The number of nitrogens with zero attached hydrogens (tertiary/aromatic N) is 2. The molecule has 2 N–H and O–H groups in total. The summed E-state index contributed by atoms with van der Waals surface area (Å²) in [7, 11) is -3.89. The minimum absolute atomic E-state index is 0.00644. The largest absolute Gasteiger partial charge is 0.426 e.